The number of halogens is 1. The Kier molecular flexibility index (Phi) is 4.79. The molecule has 1 aliphatic rings. The highest BCUT2D eigenvalue weighted by Crippen LogP contribution is 2.35. The third-order valence-electron chi connectivity index (χ3n) is 3.79. The first-order chi connectivity index (χ1) is 10.3. The lowest BCUT2D eigenvalue weighted by Crippen LogP contribution is -2.21. The second-order valence-corrected chi connectivity index (χ2v) is 5.83. The zero-order valence-electron chi connectivity index (χ0n) is 11.9. The smallest absolute Gasteiger partial charge is 0.127 e. The molecule has 1 aliphatic heterocycles. The fourth-order valence-corrected chi connectivity index (χ4v) is 2.96. The predicted molar refractivity (Wildman–Crippen MR) is 85.1 cm³/mol. The van der Waals surface area contributed by atoms with Crippen molar-refractivity contribution in [3.63, 3.8) is 0 Å². The Hall–Kier alpha value is -1.51. The maximum absolute atomic E-state index is 6.58. The fourth-order valence-electron chi connectivity index (χ4n) is 2.61. The topological polar surface area (TPSA) is 18.5 Å². The zero-order chi connectivity index (χ0) is 14.5. The zero-order valence-corrected chi connectivity index (χ0v) is 12.6. The Morgan fingerprint density at radius 1 is 1.00 bits per heavy atom. The van der Waals surface area contributed by atoms with Gasteiger partial charge >= 0.3 is 0 Å². The highest BCUT2D eigenvalue weighted by molar-refractivity contribution is 6.21. The second kappa shape index (κ2) is 6.97. The van der Waals surface area contributed by atoms with Crippen LogP contribution in [0.5, 0.6) is 11.5 Å². The number of benzene rings is 2. The third kappa shape index (κ3) is 3.78. The van der Waals surface area contributed by atoms with E-state index in [0.29, 0.717) is 5.92 Å². The summed E-state index contributed by atoms with van der Waals surface area (Å²) in [5, 5.41) is 0.0103. The van der Waals surface area contributed by atoms with Crippen LogP contribution in [0.15, 0.2) is 54.6 Å². The van der Waals surface area contributed by atoms with Gasteiger partial charge < -0.3 is 9.47 Å². The Bertz CT molecular complexity index is 547. The van der Waals surface area contributed by atoms with Crippen LogP contribution < -0.4 is 4.74 Å². The summed E-state index contributed by atoms with van der Waals surface area (Å²) in [7, 11) is 0. The van der Waals surface area contributed by atoms with Crippen molar-refractivity contribution in [1.29, 1.82) is 0 Å². The molecule has 3 heteroatoms. The Morgan fingerprint density at radius 2 is 1.71 bits per heavy atom. The molecule has 110 valence electrons. The number of para-hydroxylation sites is 1. The number of rotatable bonds is 4. The summed E-state index contributed by atoms with van der Waals surface area (Å²) in [6.07, 6.45) is 2.24. The van der Waals surface area contributed by atoms with Gasteiger partial charge in [-0.3, -0.25) is 0 Å². The lowest BCUT2D eigenvalue weighted by atomic mass is 9.93. The monoisotopic (exact) mass is 302 g/mol. The maximum Gasteiger partial charge on any atom is 0.127 e. The molecule has 0 aromatic heterocycles. The summed E-state index contributed by atoms with van der Waals surface area (Å²) in [6.45, 7) is 1.63. The minimum atomic E-state index is 0.0103. The molecule has 0 spiro atoms. The molecule has 2 nitrogen and oxygen atoms in total. The van der Waals surface area contributed by atoms with Gasteiger partial charge in [-0.05, 0) is 42.7 Å². The molecule has 1 heterocycles. The molecule has 0 radical (unpaired) electrons. The van der Waals surface area contributed by atoms with Crippen LogP contribution in [0.1, 0.15) is 23.8 Å². The van der Waals surface area contributed by atoms with Crippen LogP contribution in [-0.2, 0) is 4.74 Å². The molecule has 3 rings (SSSR count). The first-order valence-electron chi connectivity index (χ1n) is 7.37. The normalized spacial score (nSPS) is 20.0. The molecule has 2 aromatic carbocycles. The molecule has 1 fully saturated rings. The van der Waals surface area contributed by atoms with E-state index < -0.39 is 0 Å². The van der Waals surface area contributed by atoms with Crippen LogP contribution in [0.4, 0.5) is 0 Å². The molecule has 0 amide bonds. The van der Waals surface area contributed by atoms with Crippen molar-refractivity contribution < 1.29 is 9.47 Å². The molecule has 21 heavy (non-hydrogen) atoms. The minimum Gasteiger partial charge on any atom is -0.457 e. The van der Waals surface area contributed by atoms with E-state index in [1.54, 1.807) is 0 Å². The van der Waals surface area contributed by atoms with Crippen molar-refractivity contribution in [2.24, 2.45) is 5.92 Å². The molecule has 2 aromatic rings. The number of ether oxygens (including phenoxy) is 2. The average Bonchev–Trinajstić information content (AvgIpc) is 2.57. The maximum atomic E-state index is 6.58. The van der Waals surface area contributed by atoms with Crippen molar-refractivity contribution in [2.45, 2.75) is 18.2 Å². The number of hydrogen-bond donors (Lipinski definition) is 0. The van der Waals surface area contributed by atoms with Crippen molar-refractivity contribution >= 4 is 11.6 Å². The van der Waals surface area contributed by atoms with Gasteiger partial charge in [-0.1, -0.05) is 30.3 Å². The van der Waals surface area contributed by atoms with Gasteiger partial charge in [-0.15, -0.1) is 11.6 Å². The van der Waals surface area contributed by atoms with Crippen molar-refractivity contribution in [1.82, 2.24) is 0 Å². The predicted octanol–water partition coefficient (Wildman–Crippen LogP) is 5.19. The van der Waals surface area contributed by atoms with E-state index in [9.17, 15) is 0 Å². The van der Waals surface area contributed by atoms with Gasteiger partial charge in [0.2, 0.25) is 0 Å². The van der Waals surface area contributed by atoms with Crippen LogP contribution in [-0.4, -0.2) is 13.2 Å². The second-order valence-electron chi connectivity index (χ2n) is 5.36. The van der Waals surface area contributed by atoms with Crippen LogP contribution >= 0.6 is 11.6 Å². The molecule has 2 unspecified atom stereocenters. The Labute approximate surface area is 130 Å². The van der Waals surface area contributed by atoms with Gasteiger partial charge in [0.1, 0.15) is 11.5 Å². The van der Waals surface area contributed by atoms with E-state index in [0.717, 1.165) is 43.1 Å². The van der Waals surface area contributed by atoms with Crippen molar-refractivity contribution in [2.75, 3.05) is 13.2 Å². The summed E-state index contributed by atoms with van der Waals surface area (Å²) >= 11 is 6.58. The van der Waals surface area contributed by atoms with E-state index in [-0.39, 0.29) is 5.38 Å². The fraction of sp³-hybridized carbons (Fsp3) is 0.333. The first-order valence-corrected chi connectivity index (χ1v) is 7.81. The Morgan fingerprint density at radius 3 is 2.38 bits per heavy atom. The van der Waals surface area contributed by atoms with E-state index in [2.05, 4.69) is 0 Å². The van der Waals surface area contributed by atoms with E-state index in [4.69, 9.17) is 21.1 Å². The molecule has 1 saturated heterocycles. The van der Waals surface area contributed by atoms with E-state index in [1.165, 1.54) is 0 Å². The van der Waals surface area contributed by atoms with Crippen molar-refractivity contribution in [3.8, 4) is 11.5 Å². The van der Waals surface area contributed by atoms with Gasteiger partial charge in [0.15, 0.2) is 0 Å². The first kappa shape index (κ1) is 14.4. The van der Waals surface area contributed by atoms with Gasteiger partial charge in [0.25, 0.3) is 0 Å². The highest BCUT2D eigenvalue weighted by atomic mass is 35.5. The van der Waals surface area contributed by atoms with Gasteiger partial charge in [0.05, 0.1) is 12.0 Å². The molecule has 0 aliphatic carbocycles. The van der Waals surface area contributed by atoms with Gasteiger partial charge in [0, 0.05) is 12.5 Å². The lowest BCUT2D eigenvalue weighted by Gasteiger charge is -2.26. The number of alkyl halides is 1. The SMILES string of the molecule is ClC(c1ccc(Oc2ccccc2)cc1)C1CCCOC1. The van der Waals surface area contributed by atoms with E-state index >= 15 is 0 Å². The van der Waals surface area contributed by atoms with Crippen LogP contribution in [0, 0.1) is 5.92 Å². The summed E-state index contributed by atoms with van der Waals surface area (Å²) in [4.78, 5) is 0. The van der Waals surface area contributed by atoms with Gasteiger partial charge in [-0.2, -0.15) is 0 Å². The minimum absolute atomic E-state index is 0.0103. The van der Waals surface area contributed by atoms with Crippen LogP contribution in [0.3, 0.4) is 0 Å². The number of hydrogen-bond acceptors (Lipinski definition) is 2. The molecule has 0 N–H and O–H groups in total. The largest absolute Gasteiger partial charge is 0.457 e. The standard InChI is InChI=1S/C18H19ClO2/c19-18(15-5-4-12-20-13-15)14-8-10-17(11-9-14)21-16-6-2-1-3-7-16/h1-3,6-11,15,18H,4-5,12-13H2. The van der Waals surface area contributed by atoms with E-state index in [1.807, 2.05) is 54.6 Å². The third-order valence-corrected chi connectivity index (χ3v) is 4.40. The molecular weight excluding hydrogens is 284 g/mol. The van der Waals surface area contributed by atoms with Crippen LogP contribution in [0.2, 0.25) is 0 Å². The average molecular weight is 303 g/mol. The van der Waals surface area contributed by atoms with Crippen molar-refractivity contribution in [3.05, 3.63) is 60.2 Å². The molecule has 0 bridgehead atoms. The summed E-state index contributed by atoms with van der Waals surface area (Å²) in [5.41, 5.74) is 1.13. The molecule has 0 saturated carbocycles. The molecular formula is C18H19ClO2. The summed E-state index contributed by atoms with van der Waals surface area (Å²) in [6, 6.07) is 17.8. The quantitative estimate of drug-likeness (QED) is 0.724. The lowest BCUT2D eigenvalue weighted by molar-refractivity contribution is 0.0531. The molecule has 2 atom stereocenters. The van der Waals surface area contributed by atoms with Crippen LogP contribution in [0.25, 0.3) is 0 Å². The summed E-state index contributed by atoms with van der Waals surface area (Å²) < 4.78 is 11.3. The Balaban J connectivity index is 1.66. The summed E-state index contributed by atoms with van der Waals surface area (Å²) in [5.74, 6) is 2.07. The van der Waals surface area contributed by atoms with Gasteiger partial charge in [-0.25, -0.2) is 0 Å². The highest BCUT2D eigenvalue weighted by Gasteiger charge is 2.23.